The highest BCUT2D eigenvalue weighted by Gasteiger charge is 2.12. The predicted octanol–water partition coefficient (Wildman–Crippen LogP) is 1.75. The number of aromatic nitrogens is 1. The van der Waals surface area contributed by atoms with Crippen LogP contribution in [0.4, 0.5) is 4.39 Å². The summed E-state index contributed by atoms with van der Waals surface area (Å²) in [5.74, 6) is 1.69. The lowest BCUT2D eigenvalue weighted by atomic mass is 10.1. The molecule has 0 saturated carbocycles. The molecule has 84 valence electrons. The maximum absolute atomic E-state index is 12.6. The van der Waals surface area contributed by atoms with Crippen molar-refractivity contribution in [3.05, 3.63) is 29.8 Å². The molecule has 0 fully saturated rings. The van der Waals surface area contributed by atoms with Crippen LogP contribution in [-0.4, -0.2) is 16.9 Å². The van der Waals surface area contributed by atoms with Crippen molar-refractivity contribution in [2.24, 2.45) is 0 Å². The zero-order chi connectivity index (χ0) is 12.0. The second kappa shape index (κ2) is 5.86. The summed E-state index contributed by atoms with van der Waals surface area (Å²) in [5, 5.41) is 2.74. The molecule has 0 aliphatic heterocycles. The zero-order valence-corrected chi connectivity index (χ0v) is 9.03. The van der Waals surface area contributed by atoms with E-state index in [2.05, 4.69) is 16.2 Å². The standard InChI is InChI=1S/C12H13FN2O/c1-3-5-10(4-2)15-12(16)11-7-6-9(13)8-14-11/h1,6-8,10H,4-5H2,2H3,(H,15,16). The van der Waals surface area contributed by atoms with Gasteiger partial charge in [-0.3, -0.25) is 4.79 Å². The molecule has 0 spiro atoms. The SMILES string of the molecule is C#CCC(CC)NC(=O)c1ccc(F)cn1. The van der Waals surface area contributed by atoms with Crippen LogP contribution in [-0.2, 0) is 0 Å². The molecule has 1 amide bonds. The van der Waals surface area contributed by atoms with Gasteiger partial charge in [-0.05, 0) is 18.6 Å². The summed E-state index contributed by atoms with van der Waals surface area (Å²) in [7, 11) is 0. The number of amides is 1. The quantitative estimate of drug-likeness (QED) is 0.785. The van der Waals surface area contributed by atoms with Gasteiger partial charge in [-0.2, -0.15) is 0 Å². The number of carbonyl (C=O) groups is 1. The Labute approximate surface area is 94.1 Å². The molecule has 1 aromatic heterocycles. The Hall–Kier alpha value is -1.89. The van der Waals surface area contributed by atoms with Gasteiger partial charge in [0.25, 0.3) is 5.91 Å². The molecule has 0 saturated heterocycles. The second-order valence-corrected chi connectivity index (χ2v) is 3.35. The predicted molar refractivity (Wildman–Crippen MR) is 59.2 cm³/mol. The molecular weight excluding hydrogens is 207 g/mol. The van der Waals surface area contributed by atoms with E-state index in [0.717, 1.165) is 12.6 Å². The third-order valence-electron chi connectivity index (χ3n) is 2.15. The van der Waals surface area contributed by atoms with E-state index in [-0.39, 0.29) is 17.6 Å². The summed E-state index contributed by atoms with van der Waals surface area (Å²) < 4.78 is 12.6. The van der Waals surface area contributed by atoms with E-state index < -0.39 is 5.82 Å². The Morgan fingerprint density at radius 1 is 1.69 bits per heavy atom. The molecule has 1 aromatic rings. The van der Waals surface area contributed by atoms with Gasteiger partial charge in [0.05, 0.1) is 6.20 Å². The van der Waals surface area contributed by atoms with Gasteiger partial charge in [-0.15, -0.1) is 12.3 Å². The minimum Gasteiger partial charge on any atom is -0.347 e. The van der Waals surface area contributed by atoms with Gasteiger partial charge < -0.3 is 5.32 Å². The van der Waals surface area contributed by atoms with Crippen molar-refractivity contribution in [1.82, 2.24) is 10.3 Å². The summed E-state index contributed by atoms with van der Waals surface area (Å²) in [6.07, 6.45) is 7.41. The Bertz CT molecular complexity index is 394. The second-order valence-electron chi connectivity index (χ2n) is 3.35. The van der Waals surface area contributed by atoms with Crippen LogP contribution in [0, 0.1) is 18.2 Å². The number of hydrogen-bond donors (Lipinski definition) is 1. The molecule has 16 heavy (non-hydrogen) atoms. The molecule has 0 aliphatic rings. The topological polar surface area (TPSA) is 42.0 Å². The third-order valence-corrected chi connectivity index (χ3v) is 2.15. The molecule has 1 atom stereocenters. The number of carbonyl (C=O) groups excluding carboxylic acids is 1. The molecule has 1 heterocycles. The van der Waals surface area contributed by atoms with Crippen LogP contribution in [0.25, 0.3) is 0 Å². The maximum Gasteiger partial charge on any atom is 0.270 e. The number of rotatable bonds is 4. The zero-order valence-electron chi connectivity index (χ0n) is 9.03. The molecule has 4 heteroatoms. The van der Waals surface area contributed by atoms with Crippen LogP contribution in [0.3, 0.4) is 0 Å². The van der Waals surface area contributed by atoms with E-state index in [9.17, 15) is 9.18 Å². The van der Waals surface area contributed by atoms with Crippen molar-refractivity contribution in [1.29, 1.82) is 0 Å². The van der Waals surface area contributed by atoms with Crippen LogP contribution in [0.5, 0.6) is 0 Å². The third kappa shape index (κ3) is 3.35. The normalized spacial score (nSPS) is 11.6. The first-order valence-electron chi connectivity index (χ1n) is 5.03. The minimum atomic E-state index is -0.466. The first kappa shape index (κ1) is 12.2. The van der Waals surface area contributed by atoms with Crippen molar-refractivity contribution in [2.75, 3.05) is 0 Å². The Morgan fingerprint density at radius 2 is 2.44 bits per heavy atom. The van der Waals surface area contributed by atoms with E-state index in [1.54, 1.807) is 0 Å². The maximum atomic E-state index is 12.6. The van der Waals surface area contributed by atoms with E-state index in [1.165, 1.54) is 12.1 Å². The number of nitrogens with zero attached hydrogens (tertiary/aromatic N) is 1. The van der Waals surface area contributed by atoms with Crippen LogP contribution in [0.15, 0.2) is 18.3 Å². The van der Waals surface area contributed by atoms with Crippen LogP contribution in [0.1, 0.15) is 30.3 Å². The summed E-state index contributed by atoms with van der Waals surface area (Å²) in [4.78, 5) is 15.3. The fourth-order valence-corrected chi connectivity index (χ4v) is 1.21. The van der Waals surface area contributed by atoms with Crippen LogP contribution in [0.2, 0.25) is 0 Å². The molecule has 1 unspecified atom stereocenters. The first-order valence-corrected chi connectivity index (χ1v) is 5.03. The van der Waals surface area contributed by atoms with Gasteiger partial charge in [-0.25, -0.2) is 9.37 Å². The molecule has 0 aromatic carbocycles. The van der Waals surface area contributed by atoms with Crippen molar-refractivity contribution in [2.45, 2.75) is 25.8 Å². The van der Waals surface area contributed by atoms with E-state index >= 15 is 0 Å². The van der Waals surface area contributed by atoms with Gasteiger partial charge in [0.2, 0.25) is 0 Å². The molecule has 1 rings (SSSR count). The van der Waals surface area contributed by atoms with Gasteiger partial charge in [-0.1, -0.05) is 6.92 Å². The Morgan fingerprint density at radius 3 is 2.94 bits per heavy atom. The lowest BCUT2D eigenvalue weighted by Gasteiger charge is -2.13. The lowest BCUT2D eigenvalue weighted by Crippen LogP contribution is -2.34. The van der Waals surface area contributed by atoms with Crippen LogP contribution < -0.4 is 5.32 Å². The van der Waals surface area contributed by atoms with Gasteiger partial charge in [0, 0.05) is 12.5 Å². The van der Waals surface area contributed by atoms with E-state index in [1.807, 2.05) is 6.92 Å². The first-order chi connectivity index (χ1) is 7.67. The highest BCUT2D eigenvalue weighted by Crippen LogP contribution is 2.01. The summed E-state index contributed by atoms with van der Waals surface area (Å²) in [5.41, 5.74) is 0.192. The number of terminal acetylenes is 1. The van der Waals surface area contributed by atoms with Gasteiger partial charge in [0.15, 0.2) is 0 Å². The van der Waals surface area contributed by atoms with Gasteiger partial charge in [0.1, 0.15) is 11.5 Å². The lowest BCUT2D eigenvalue weighted by molar-refractivity contribution is 0.0931. The minimum absolute atomic E-state index is 0.0654. The molecular formula is C12H13FN2O. The highest BCUT2D eigenvalue weighted by atomic mass is 19.1. The number of hydrogen-bond acceptors (Lipinski definition) is 2. The molecule has 0 aliphatic carbocycles. The fourth-order valence-electron chi connectivity index (χ4n) is 1.21. The smallest absolute Gasteiger partial charge is 0.270 e. The average molecular weight is 220 g/mol. The molecule has 3 nitrogen and oxygen atoms in total. The summed E-state index contributed by atoms with van der Waals surface area (Å²) >= 11 is 0. The van der Waals surface area contributed by atoms with Crippen molar-refractivity contribution in [3.8, 4) is 12.3 Å². The Kier molecular flexibility index (Phi) is 4.46. The average Bonchev–Trinajstić information content (AvgIpc) is 2.29. The van der Waals surface area contributed by atoms with Crippen molar-refractivity contribution >= 4 is 5.91 Å². The highest BCUT2D eigenvalue weighted by molar-refractivity contribution is 5.92. The molecule has 0 bridgehead atoms. The van der Waals surface area contributed by atoms with E-state index in [0.29, 0.717) is 6.42 Å². The molecule has 0 radical (unpaired) electrons. The van der Waals surface area contributed by atoms with Gasteiger partial charge >= 0.3 is 0 Å². The molecule has 1 N–H and O–H groups in total. The van der Waals surface area contributed by atoms with Crippen molar-refractivity contribution < 1.29 is 9.18 Å². The number of nitrogens with one attached hydrogen (secondary N) is 1. The fraction of sp³-hybridized carbons (Fsp3) is 0.333. The summed E-state index contributed by atoms with van der Waals surface area (Å²) in [6.45, 7) is 1.93. The number of pyridine rings is 1. The van der Waals surface area contributed by atoms with Crippen LogP contribution >= 0.6 is 0 Å². The van der Waals surface area contributed by atoms with Crippen molar-refractivity contribution in [3.63, 3.8) is 0 Å². The summed E-state index contributed by atoms with van der Waals surface area (Å²) in [6, 6.07) is 2.47. The van der Waals surface area contributed by atoms with E-state index in [4.69, 9.17) is 6.42 Å². The monoisotopic (exact) mass is 220 g/mol. The Balaban J connectivity index is 2.65. The largest absolute Gasteiger partial charge is 0.347 e. The number of halogens is 1.